The van der Waals surface area contributed by atoms with Gasteiger partial charge in [-0.25, -0.2) is 0 Å². The molecule has 0 aliphatic carbocycles. The number of ether oxygens (including phenoxy) is 1. The first-order valence-corrected chi connectivity index (χ1v) is 10.2. The third-order valence-corrected chi connectivity index (χ3v) is 5.23. The first kappa shape index (κ1) is 20.2. The summed E-state index contributed by atoms with van der Waals surface area (Å²) >= 11 is 0. The minimum atomic E-state index is -0.231. The maximum Gasteiger partial charge on any atom is 0.244 e. The summed E-state index contributed by atoms with van der Waals surface area (Å²) in [4.78, 5) is 28.1. The van der Waals surface area contributed by atoms with Crippen LogP contribution in [0.4, 0.5) is 11.5 Å². The molecule has 0 saturated carbocycles. The Kier molecular flexibility index (Phi) is 6.20. The largest absolute Gasteiger partial charge is 0.378 e. The number of amides is 2. The van der Waals surface area contributed by atoms with Gasteiger partial charge in [-0.15, -0.1) is 10.2 Å². The summed E-state index contributed by atoms with van der Waals surface area (Å²) in [6.45, 7) is 5.38. The van der Waals surface area contributed by atoms with Crippen molar-refractivity contribution in [1.29, 1.82) is 0 Å². The molecule has 2 aliphatic heterocycles. The number of hydrogen-bond acceptors (Lipinski definition) is 7. The highest BCUT2D eigenvalue weighted by atomic mass is 16.5. The maximum absolute atomic E-state index is 12.4. The van der Waals surface area contributed by atoms with Gasteiger partial charge in [0.1, 0.15) is 6.54 Å². The van der Waals surface area contributed by atoms with Crippen molar-refractivity contribution in [2.24, 2.45) is 0 Å². The van der Waals surface area contributed by atoms with Crippen LogP contribution < -0.4 is 15.5 Å². The number of nitrogens with zero attached hydrogens (tertiary/aromatic N) is 4. The zero-order valence-corrected chi connectivity index (χ0v) is 17.0. The van der Waals surface area contributed by atoms with E-state index in [4.69, 9.17) is 4.74 Å². The summed E-state index contributed by atoms with van der Waals surface area (Å²) in [7, 11) is 0. The van der Waals surface area contributed by atoms with Crippen molar-refractivity contribution in [3.8, 4) is 11.3 Å². The van der Waals surface area contributed by atoms with E-state index in [1.807, 2.05) is 43.3 Å². The van der Waals surface area contributed by atoms with Gasteiger partial charge >= 0.3 is 0 Å². The second-order valence-electron chi connectivity index (χ2n) is 7.56. The molecule has 1 aromatic heterocycles. The lowest BCUT2D eigenvalue weighted by atomic mass is 10.1. The lowest BCUT2D eigenvalue weighted by molar-refractivity contribution is -0.137. The molecule has 1 unspecified atom stereocenters. The first-order valence-electron chi connectivity index (χ1n) is 10.2. The molecule has 2 saturated heterocycles. The molecule has 1 aromatic carbocycles. The Morgan fingerprint density at radius 2 is 2.07 bits per heavy atom. The predicted octanol–water partition coefficient (Wildman–Crippen LogP) is 1.09. The molecular formula is C21H26N6O3. The van der Waals surface area contributed by atoms with E-state index >= 15 is 0 Å². The number of hydrogen-bond donors (Lipinski definition) is 2. The van der Waals surface area contributed by atoms with Crippen LogP contribution in [0.2, 0.25) is 0 Å². The summed E-state index contributed by atoms with van der Waals surface area (Å²) in [5, 5.41) is 14.7. The third-order valence-electron chi connectivity index (χ3n) is 5.23. The number of anilines is 2. The van der Waals surface area contributed by atoms with E-state index in [1.165, 1.54) is 4.90 Å². The fourth-order valence-corrected chi connectivity index (χ4v) is 3.53. The molecule has 0 bridgehead atoms. The Morgan fingerprint density at radius 3 is 2.80 bits per heavy atom. The normalized spacial score (nSPS) is 19.6. The van der Waals surface area contributed by atoms with Crippen molar-refractivity contribution in [1.82, 2.24) is 20.4 Å². The van der Waals surface area contributed by atoms with Crippen LogP contribution >= 0.6 is 0 Å². The van der Waals surface area contributed by atoms with E-state index in [9.17, 15) is 9.59 Å². The zero-order valence-electron chi connectivity index (χ0n) is 17.0. The molecule has 2 amide bonds. The molecule has 3 heterocycles. The van der Waals surface area contributed by atoms with E-state index in [0.29, 0.717) is 32.0 Å². The van der Waals surface area contributed by atoms with Crippen LogP contribution in [0.25, 0.3) is 11.3 Å². The summed E-state index contributed by atoms with van der Waals surface area (Å²) in [5.41, 5.74) is 2.24. The summed E-state index contributed by atoms with van der Waals surface area (Å²) in [6.07, 6.45) is 0.405. The fourth-order valence-electron chi connectivity index (χ4n) is 3.53. The van der Waals surface area contributed by atoms with Gasteiger partial charge in [-0.05, 0) is 31.2 Å². The average molecular weight is 410 g/mol. The van der Waals surface area contributed by atoms with Crippen molar-refractivity contribution in [2.75, 3.05) is 49.7 Å². The highest BCUT2D eigenvalue weighted by Crippen LogP contribution is 2.22. The first-order chi connectivity index (χ1) is 14.6. The Labute approximate surface area is 175 Å². The van der Waals surface area contributed by atoms with E-state index in [1.54, 1.807) is 0 Å². The van der Waals surface area contributed by atoms with E-state index in [2.05, 4.69) is 25.7 Å². The van der Waals surface area contributed by atoms with Gasteiger partial charge in [0.15, 0.2) is 5.82 Å². The molecule has 1 atom stereocenters. The standard InChI is InChI=1S/C21H26N6O3/c1-15-11-21(29)27(14-22-15)13-20(28)23-17-4-2-3-16(12-17)18-5-6-19(25-24-18)26-7-9-30-10-8-26/h2-6,12,15,22H,7-11,13-14H2,1H3,(H,23,28). The van der Waals surface area contributed by atoms with Gasteiger partial charge in [0.25, 0.3) is 0 Å². The molecule has 30 heavy (non-hydrogen) atoms. The zero-order chi connectivity index (χ0) is 20.9. The molecule has 0 spiro atoms. The number of nitrogens with one attached hydrogen (secondary N) is 2. The third kappa shape index (κ3) is 4.92. The van der Waals surface area contributed by atoms with Crippen LogP contribution in [0.1, 0.15) is 13.3 Å². The van der Waals surface area contributed by atoms with Crippen LogP contribution in [-0.4, -0.2) is 72.5 Å². The Bertz CT molecular complexity index is 898. The minimum absolute atomic E-state index is 0.0132. The van der Waals surface area contributed by atoms with Crippen LogP contribution in [0, 0.1) is 0 Å². The van der Waals surface area contributed by atoms with Gasteiger partial charge in [-0.1, -0.05) is 12.1 Å². The predicted molar refractivity (Wildman–Crippen MR) is 113 cm³/mol. The topological polar surface area (TPSA) is 99.7 Å². The maximum atomic E-state index is 12.4. The van der Waals surface area contributed by atoms with Crippen LogP contribution in [-0.2, 0) is 14.3 Å². The number of carbonyl (C=O) groups excluding carboxylic acids is 2. The van der Waals surface area contributed by atoms with Gasteiger partial charge < -0.3 is 19.9 Å². The number of aromatic nitrogens is 2. The molecule has 0 radical (unpaired) electrons. The SMILES string of the molecule is CC1CC(=O)N(CC(=O)Nc2cccc(-c3ccc(N4CCOCC4)nn3)c2)CN1. The molecule has 2 aromatic rings. The number of carbonyl (C=O) groups is 2. The lowest BCUT2D eigenvalue weighted by Gasteiger charge is -2.30. The quantitative estimate of drug-likeness (QED) is 0.761. The van der Waals surface area contributed by atoms with Gasteiger partial charge in [0, 0.05) is 36.8 Å². The molecule has 2 aliphatic rings. The van der Waals surface area contributed by atoms with Crippen LogP contribution in [0.5, 0.6) is 0 Å². The summed E-state index contributed by atoms with van der Waals surface area (Å²) in [5.74, 6) is 0.590. The molecule has 2 N–H and O–H groups in total. The second kappa shape index (κ2) is 9.19. The second-order valence-corrected chi connectivity index (χ2v) is 7.56. The van der Waals surface area contributed by atoms with Crippen molar-refractivity contribution in [3.63, 3.8) is 0 Å². The summed E-state index contributed by atoms with van der Waals surface area (Å²) in [6, 6.07) is 11.5. The van der Waals surface area contributed by atoms with Crippen molar-refractivity contribution in [3.05, 3.63) is 36.4 Å². The van der Waals surface area contributed by atoms with Crippen LogP contribution in [0.3, 0.4) is 0 Å². The van der Waals surface area contributed by atoms with Crippen molar-refractivity contribution >= 4 is 23.3 Å². The van der Waals surface area contributed by atoms with E-state index in [-0.39, 0.29) is 24.4 Å². The van der Waals surface area contributed by atoms with Gasteiger partial charge in [-0.3, -0.25) is 14.9 Å². The lowest BCUT2D eigenvalue weighted by Crippen LogP contribution is -2.51. The molecule has 158 valence electrons. The number of benzene rings is 1. The molecule has 9 nitrogen and oxygen atoms in total. The molecule has 4 rings (SSSR count). The highest BCUT2D eigenvalue weighted by molar-refractivity contribution is 5.95. The highest BCUT2D eigenvalue weighted by Gasteiger charge is 2.24. The van der Waals surface area contributed by atoms with Crippen molar-refractivity contribution in [2.45, 2.75) is 19.4 Å². The molecular weight excluding hydrogens is 384 g/mol. The Hall–Kier alpha value is -3.04. The number of morpholine rings is 1. The minimum Gasteiger partial charge on any atom is -0.378 e. The van der Waals surface area contributed by atoms with Gasteiger partial charge in [0.05, 0.1) is 25.6 Å². The van der Waals surface area contributed by atoms with E-state index in [0.717, 1.165) is 30.2 Å². The molecule has 9 heteroatoms. The van der Waals surface area contributed by atoms with Crippen LogP contribution in [0.15, 0.2) is 36.4 Å². The average Bonchev–Trinajstić information content (AvgIpc) is 2.77. The van der Waals surface area contributed by atoms with Gasteiger partial charge in [-0.2, -0.15) is 0 Å². The monoisotopic (exact) mass is 410 g/mol. The summed E-state index contributed by atoms with van der Waals surface area (Å²) < 4.78 is 5.37. The Balaban J connectivity index is 1.38. The fraction of sp³-hybridized carbons (Fsp3) is 0.429. The number of rotatable bonds is 5. The Morgan fingerprint density at radius 1 is 1.23 bits per heavy atom. The van der Waals surface area contributed by atoms with Gasteiger partial charge in [0.2, 0.25) is 11.8 Å². The smallest absolute Gasteiger partial charge is 0.244 e. The molecule has 2 fully saturated rings. The van der Waals surface area contributed by atoms with Crippen molar-refractivity contribution < 1.29 is 14.3 Å². The van der Waals surface area contributed by atoms with E-state index < -0.39 is 0 Å².